The number of sulfonamides is 2. The molecule has 8 heteroatoms. The summed E-state index contributed by atoms with van der Waals surface area (Å²) in [6, 6.07) is 12.9. The van der Waals surface area contributed by atoms with Crippen molar-refractivity contribution in [1.82, 2.24) is 4.72 Å². The first-order chi connectivity index (χ1) is 16.2. The fourth-order valence-corrected chi connectivity index (χ4v) is 9.20. The highest BCUT2D eigenvalue weighted by molar-refractivity contribution is 7.92. The third-order valence-corrected chi connectivity index (χ3v) is 10.9. The Morgan fingerprint density at radius 2 is 1.26 bits per heavy atom. The first-order valence-corrected chi connectivity index (χ1v) is 15.4. The highest BCUT2D eigenvalue weighted by atomic mass is 32.2. The van der Waals surface area contributed by atoms with Crippen molar-refractivity contribution < 1.29 is 16.8 Å². The maximum Gasteiger partial charge on any atom is 0.261 e. The van der Waals surface area contributed by atoms with Crippen LogP contribution >= 0.6 is 0 Å². The molecule has 0 saturated heterocycles. The fraction of sp³-hybridized carbons (Fsp3) is 0.538. The summed E-state index contributed by atoms with van der Waals surface area (Å²) in [5.74, 6) is 1.93. The molecule has 4 fully saturated rings. The molecule has 0 heterocycles. The van der Waals surface area contributed by atoms with Crippen LogP contribution in [0.4, 0.5) is 5.69 Å². The van der Waals surface area contributed by atoms with E-state index in [4.69, 9.17) is 0 Å². The summed E-state index contributed by atoms with van der Waals surface area (Å²) in [4.78, 5) is 0.361. The number of hydrogen-bond acceptors (Lipinski definition) is 4. The highest BCUT2D eigenvalue weighted by Gasteiger charge is 2.52. The van der Waals surface area contributed by atoms with Gasteiger partial charge >= 0.3 is 0 Å². The third-order valence-electron chi connectivity index (χ3n) is 7.86. The molecule has 0 unspecified atom stereocenters. The average molecular weight is 503 g/mol. The van der Waals surface area contributed by atoms with Crippen LogP contribution in [0.15, 0.2) is 58.3 Å². The Morgan fingerprint density at radius 1 is 0.765 bits per heavy atom. The van der Waals surface area contributed by atoms with E-state index in [0.717, 1.165) is 44.1 Å². The van der Waals surface area contributed by atoms with E-state index in [9.17, 15) is 16.8 Å². The summed E-state index contributed by atoms with van der Waals surface area (Å²) in [7, 11) is -7.43. The van der Waals surface area contributed by atoms with Crippen molar-refractivity contribution in [2.45, 2.75) is 80.0 Å². The van der Waals surface area contributed by atoms with E-state index in [2.05, 4.69) is 16.4 Å². The summed E-state index contributed by atoms with van der Waals surface area (Å²) >= 11 is 0. The SMILES string of the molecule is CCCCc1ccc(S(=O)(=O)Nc2ccc(S(=O)(=O)NC34CC5CC(CC(C5)C3)C4)cc2)cc1. The van der Waals surface area contributed by atoms with Gasteiger partial charge in [-0.2, -0.15) is 0 Å². The van der Waals surface area contributed by atoms with E-state index < -0.39 is 20.0 Å². The van der Waals surface area contributed by atoms with Crippen LogP contribution in [0, 0.1) is 17.8 Å². The zero-order chi connectivity index (χ0) is 24.0. The van der Waals surface area contributed by atoms with E-state index in [1.54, 1.807) is 12.1 Å². The van der Waals surface area contributed by atoms with Gasteiger partial charge in [0.1, 0.15) is 0 Å². The zero-order valence-corrected chi connectivity index (χ0v) is 21.3. The van der Waals surface area contributed by atoms with Gasteiger partial charge in [-0.3, -0.25) is 4.72 Å². The second-order valence-electron chi connectivity index (χ2n) is 10.7. The van der Waals surface area contributed by atoms with Crippen LogP contribution in [0.3, 0.4) is 0 Å². The maximum absolute atomic E-state index is 13.2. The molecule has 0 aliphatic heterocycles. The minimum atomic E-state index is -3.75. The van der Waals surface area contributed by atoms with E-state index in [-0.39, 0.29) is 15.3 Å². The number of benzene rings is 2. The lowest BCUT2D eigenvalue weighted by molar-refractivity contribution is -0.00810. The number of hydrogen-bond donors (Lipinski definition) is 2. The van der Waals surface area contributed by atoms with Crippen molar-refractivity contribution >= 4 is 25.7 Å². The normalized spacial score (nSPS) is 28.2. The second-order valence-corrected chi connectivity index (χ2v) is 14.0. The molecular formula is C26H34N2O4S2. The largest absolute Gasteiger partial charge is 0.280 e. The van der Waals surface area contributed by atoms with E-state index >= 15 is 0 Å². The van der Waals surface area contributed by atoms with Crippen molar-refractivity contribution in [2.75, 3.05) is 4.72 Å². The minimum Gasteiger partial charge on any atom is -0.280 e. The molecule has 0 radical (unpaired) electrons. The lowest BCUT2D eigenvalue weighted by Gasteiger charge is -2.56. The first kappa shape index (κ1) is 23.8. The van der Waals surface area contributed by atoms with E-state index in [0.29, 0.717) is 23.4 Å². The predicted molar refractivity (Wildman–Crippen MR) is 134 cm³/mol. The number of anilines is 1. The van der Waals surface area contributed by atoms with Crippen LogP contribution in [-0.4, -0.2) is 22.4 Å². The molecule has 184 valence electrons. The van der Waals surface area contributed by atoms with Crippen molar-refractivity contribution in [3.63, 3.8) is 0 Å². The van der Waals surface area contributed by atoms with E-state index in [1.165, 1.54) is 43.5 Å². The van der Waals surface area contributed by atoms with Gasteiger partial charge in [0.2, 0.25) is 10.0 Å². The molecule has 0 amide bonds. The molecule has 4 aliphatic carbocycles. The Hall–Kier alpha value is -1.90. The molecule has 2 aromatic rings. The van der Waals surface area contributed by atoms with Crippen LogP contribution in [0.25, 0.3) is 0 Å². The maximum atomic E-state index is 13.2. The first-order valence-electron chi connectivity index (χ1n) is 12.4. The molecule has 34 heavy (non-hydrogen) atoms. The van der Waals surface area contributed by atoms with Gasteiger partial charge in [-0.15, -0.1) is 0 Å². The Balaban J connectivity index is 1.27. The molecule has 0 aromatic heterocycles. The second kappa shape index (κ2) is 8.95. The summed E-state index contributed by atoms with van der Waals surface area (Å²) in [5, 5.41) is 0. The minimum absolute atomic E-state index is 0.173. The summed E-state index contributed by atoms with van der Waals surface area (Å²) in [6.07, 6.45) is 9.64. The van der Waals surface area contributed by atoms with Crippen LogP contribution < -0.4 is 9.44 Å². The topological polar surface area (TPSA) is 92.3 Å². The quantitative estimate of drug-likeness (QED) is 0.500. The summed E-state index contributed by atoms with van der Waals surface area (Å²) in [6.45, 7) is 2.12. The molecule has 0 atom stereocenters. The smallest absolute Gasteiger partial charge is 0.261 e. The van der Waals surface area contributed by atoms with Gasteiger partial charge in [-0.05, 0) is 111 Å². The summed E-state index contributed by atoms with van der Waals surface area (Å²) < 4.78 is 57.6. The van der Waals surface area contributed by atoms with Crippen molar-refractivity contribution in [1.29, 1.82) is 0 Å². The van der Waals surface area contributed by atoms with Crippen molar-refractivity contribution in [3.8, 4) is 0 Å². The number of unbranched alkanes of at least 4 members (excludes halogenated alkanes) is 1. The molecule has 4 aliphatic rings. The number of nitrogens with one attached hydrogen (secondary N) is 2. The standard InChI is InChI=1S/C26H34N2O4S2/c1-2-3-4-19-5-9-24(10-6-19)33(29,30)27-23-7-11-25(12-8-23)34(31,32)28-26-16-20-13-21(17-26)15-22(14-20)18-26/h5-12,20-22,27-28H,2-4,13-18H2,1H3. The molecule has 2 aromatic carbocycles. The molecule has 2 N–H and O–H groups in total. The van der Waals surface area contributed by atoms with Crippen molar-refractivity contribution in [2.24, 2.45) is 17.8 Å². The highest BCUT2D eigenvalue weighted by Crippen LogP contribution is 2.56. The molecular weight excluding hydrogens is 468 g/mol. The lowest BCUT2D eigenvalue weighted by atomic mass is 9.53. The van der Waals surface area contributed by atoms with Crippen LogP contribution in [-0.2, 0) is 26.5 Å². The Bertz CT molecular complexity index is 1200. The van der Waals surface area contributed by atoms with Crippen LogP contribution in [0.1, 0.15) is 63.9 Å². The fourth-order valence-electron chi connectivity index (χ4n) is 6.71. The predicted octanol–water partition coefficient (Wildman–Crippen LogP) is 5.08. The van der Waals surface area contributed by atoms with Crippen molar-refractivity contribution in [3.05, 3.63) is 54.1 Å². The molecule has 4 bridgehead atoms. The van der Waals surface area contributed by atoms with Crippen LogP contribution in [0.2, 0.25) is 0 Å². The van der Waals surface area contributed by atoms with Gasteiger partial charge in [0.15, 0.2) is 0 Å². The third kappa shape index (κ3) is 4.90. The Morgan fingerprint density at radius 3 is 1.79 bits per heavy atom. The number of aryl methyl sites for hydroxylation is 1. The Kier molecular flexibility index (Phi) is 6.27. The zero-order valence-electron chi connectivity index (χ0n) is 19.7. The van der Waals surface area contributed by atoms with Gasteiger partial charge in [-0.25, -0.2) is 21.6 Å². The van der Waals surface area contributed by atoms with Gasteiger partial charge < -0.3 is 0 Å². The van der Waals surface area contributed by atoms with Gasteiger partial charge in [0.25, 0.3) is 10.0 Å². The lowest BCUT2D eigenvalue weighted by Crippen LogP contribution is -2.59. The van der Waals surface area contributed by atoms with Crippen LogP contribution in [0.5, 0.6) is 0 Å². The Labute approximate surface area is 203 Å². The average Bonchev–Trinajstić information content (AvgIpc) is 2.76. The van der Waals surface area contributed by atoms with Gasteiger partial charge in [0.05, 0.1) is 9.79 Å². The molecule has 6 nitrogen and oxygen atoms in total. The van der Waals surface area contributed by atoms with E-state index in [1.807, 2.05) is 12.1 Å². The van der Waals surface area contributed by atoms with Gasteiger partial charge in [-0.1, -0.05) is 25.5 Å². The molecule has 6 rings (SSSR count). The monoisotopic (exact) mass is 502 g/mol. The summed E-state index contributed by atoms with van der Waals surface area (Å²) in [5.41, 5.74) is 1.14. The molecule has 4 saturated carbocycles. The molecule has 0 spiro atoms. The number of rotatable bonds is 9. The van der Waals surface area contributed by atoms with Gasteiger partial charge in [0, 0.05) is 11.2 Å².